The molecule has 1 amide bonds. The van der Waals surface area contributed by atoms with Gasteiger partial charge in [0, 0.05) is 6.54 Å². The van der Waals surface area contributed by atoms with Crippen LogP contribution in [0.15, 0.2) is 0 Å². The number of hydrogen-bond acceptors (Lipinski definition) is 3. The minimum absolute atomic E-state index is 0.0101. The fraction of sp³-hybridized carbons (Fsp3) is 0.867. The first-order valence-corrected chi connectivity index (χ1v) is 7.58. The SMILES string of the molecule is CCC1(C(N)C(=O)N2CC3CC3[C@H]2C#N)CCCC1. The predicted octanol–water partition coefficient (Wildman–Crippen LogP) is 1.65. The smallest absolute Gasteiger partial charge is 0.241 e. The number of likely N-dealkylation sites (tertiary alicyclic amines) is 1. The Hall–Kier alpha value is -1.08. The molecule has 2 aliphatic carbocycles. The van der Waals surface area contributed by atoms with Crippen molar-refractivity contribution in [1.29, 1.82) is 5.26 Å². The fourth-order valence-corrected chi connectivity index (χ4v) is 4.26. The maximum Gasteiger partial charge on any atom is 0.241 e. The summed E-state index contributed by atoms with van der Waals surface area (Å²) in [6, 6.07) is 1.69. The summed E-state index contributed by atoms with van der Waals surface area (Å²) < 4.78 is 0. The van der Waals surface area contributed by atoms with E-state index < -0.39 is 6.04 Å². The molecule has 4 heteroatoms. The van der Waals surface area contributed by atoms with Crippen molar-refractivity contribution in [3.63, 3.8) is 0 Å². The zero-order valence-corrected chi connectivity index (χ0v) is 11.6. The molecule has 2 N–H and O–H groups in total. The van der Waals surface area contributed by atoms with E-state index in [1.165, 1.54) is 12.8 Å². The molecule has 2 saturated carbocycles. The van der Waals surface area contributed by atoms with Gasteiger partial charge in [0.25, 0.3) is 0 Å². The van der Waals surface area contributed by atoms with E-state index in [2.05, 4.69) is 13.0 Å². The highest BCUT2D eigenvalue weighted by molar-refractivity contribution is 5.84. The molecular formula is C15H23N3O. The standard InChI is InChI=1S/C15H23N3O/c1-2-15(5-3-4-6-15)13(17)14(19)18-9-10-7-11(10)12(18)8-16/h10-13H,2-7,9,17H2,1H3/t10?,11?,12-,13?/m1/s1. The van der Waals surface area contributed by atoms with E-state index in [-0.39, 0.29) is 17.4 Å². The van der Waals surface area contributed by atoms with Crippen LogP contribution >= 0.6 is 0 Å². The lowest BCUT2D eigenvalue weighted by Crippen LogP contribution is -2.54. The number of hydrogen-bond donors (Lipinski definition) is 1. The van der Waals surface area contributed by atoms with Crippen molar-refractivity contribution in [3.05, 3.63) is 0 Å². The topological polar surface area (TPSA) is 70.1 Å². The van der Waals surface area contributed by atoms with Crippen LogP contribution in [0.1, 0.15) is 45.4 Å². The van der Waals surface area contributed by atoms with Gasteiger partial charge < -0.3 is 10.6 Å². The summed E-state index contributed by atoms with van der Waals surface area (Å²) in [6.07, 6.45) is 6.58. The third-order valence-electron chi connectivity index (χ3n) is 5.79. The van der Waals surface area contributed by atoms with E-state index in [4.69, 9.17) is 5.73 Å². The maximum atomic E-state index is 12.7. The minimum Gasteiger partial charge on any atom is -0.325 e. The van der Waals surface area contributed by atoms with Crippen molar-refractivity contribution in [2.24, 2.45) is 23.0 Å². The third-order valence-corrected chi connectivity index (χ3v) is 5.79. The summed E-state index contributed by atoms with van der Waals surface area (Å²) in [5.41, 5.74) is 6.31. The summed E-state index contributed by atoms with van der Waals surface area (Å²) in [5, 5.41) is 9.27. The number of carbonyl (C=O) groups excluding carboxylic acids is 1. The summed E-state index contributed by atoms with van der Waals surface area (Å²) in [7, 11) is 0. The molecule has 0 spiro atoms. The lowest BCUT2D eigenvalue weighted by atomic mass is 9.76. The first-order valence-electron chi connectivity index (χ1n) is 7.58. The van der Waals surface area contributed by atoms with Crippen LogP contribution in [0.2, 0.25) is 0 Å². The van der Waals surface area contributed by atoms with Crippen molar-refractivity contribution in [2.75, 3.05) is 6.54 Å². The summed E-state index contributed by atoms with van der Waals surface area (Å²) in [6.45, 7) is 2.90. The zero-order valence-electron chi connectivity index (χ0n) is 11.6. The molecule has 3 rings (SSSR count). The van der Waals surface area contributed by atoms with Crippen LogP contribution in [0.5, 0.6) is 0 Å². The van der Waals surface area contributed by atoms with Gasteiger partial charge in [-0.3, -0.25) is 4.79 Å². The van der Waals surface area contributed by atoms with Crippen LogP contribution in [0.3, 0.4) is 0 Å². The van der Waals surface area contributed by atoms with Crippen LogP contribution in [0.4, 0.5) is 0 Å². The van der Waals surface area contributed by atoms with Crippen LogP contribution in [0, 0.1) is 28.6 Å². The molecular weight excluding hydrogens is 238 g/mol. The van der Waals surface area contributed by atoms with E-state index in [0.717, 1.165) is 32.2 Å². The molecule has 1 heterocycles. The molecule has 104 valence electrons. The molecule has 3 aliphatic rings. The second-order valence-corrected chi connectivity index (χ2v) is 6.62. The highest BCUT2D eigenvalue weighted by atomic mass is 16.2. The van der Waals surface area contributed by atoms with E-state index in [1.807, 2.05) is 0 Å². The van der Waals surface area contributed by atoms with E-state index in [0.29, 0.717) is 11.8 Å². The maximum absolute atomic E-state index is 12.7. The highest BCUT2D eigenvalue weighted by Gasteiger charge is 2.56. The molecule has 0 aromatic heterocycles. The van der Waals surface area contributed by atoms with E-state index >= 15 is 0 Å². The second kappa shape index (κ2) is 4.49. The molecule has 3 fully saturated rings. The van der Waals surface area contributed by atoms with Gasteiger partial charge in [0.05, 0.1) is 12.1 Å². The van der Waals surface area contributed by atoms with Gasteiger partial charge in [0.1, 0.15) is 6.04 Å². The van der Waals surface area contributed by atoms with Crippen molar-refractivity contribution >= 4 is 5.91 Å². The van der Waals surface area contributed by atoms with Crippen LogP contribution in [0.25, 0.3) is 0 Å². The lowest BCUT2D eigenvalue weighted by Gasteiger charge is -2.36. The number of rotatable bonds is 3. The Balaban J connectivity index is 1.75. The van der Waals surface area contributed by atoms with Gasteiger partial charge in [0.15, 0.2) is 0 Å². The van der Waals surface area contributed by atoms with Crippen LogP contribution in [-0.2, 0) is 4.79 Å². The molecule has 0 bridgehead atoms. The van der Waals surface area contributed by atoms with Crippen LogP contribution in [-0.4, -0.2) is 29.4 Å². The quantitative estimate of drug-likeness (QED) is 0.840. The second-order valence-electron chi connectivity index (χ2n) is 6.62. The Kier molecular flexibility index (Phi) is 3.05. The van der Waals surface area contributed by atoms with Crippen molar-refractivity contribution in [2.45, 2.75) is 57.5 Å². The van der Waals surface area contributed by atoms with Gasteiger partial charge >= 0.3 is 0 Å². The van der Waals surface area contributed by atoms with Crippen LogP contribution < -0.4 is 5.73 Å². The molecule has 0 radical (unpaired) electrons. The predicted molar refractivity (Wildman–Crippen MR) is 71.9 cm³/mol. The van der Waals surface area contributed by atoms with Gasteiger partial charge in [-0.25, -0.2) is 0 Å². The van der Waals surface area contributed by atoms with Gasteiger partial charge in [-0.15, -0.1) is 0 Å². The van der Waals surface area contributed by atoms with Gasteiger partial charge in [0.2, 0.25) is 5.91 Å². The molecule has 1 saturated heterocycles. The summed E-state index contributed by atoms with van der Waals surface area (Å²) in [5.74, 6) is 1.03. The van der Waals surface area contributed by atoms with Gasteiger partial charge in [-0.2, -0.15) is 5.26 Å². The first-order chi connectivity index (χ1) is 9.13. The monoisotopic (exact) mass is 261 g/mol. The highest BCUT2D eigenvalue weighted by Crippen LogP contribution is 2.50. The van der Waals surface area contributed by atoms with E-state index in [9.17, 15) is 10.1 Å². The third kappa shape index (κ3) is 1.87. The van der Waals surface area contributed by atoms with Gasteiger partial charge in [-0.05, 0) is 42.9 Å². The Morgan fingerprint density at radius 1 is 1.53 bits per heavy atom. The number of nitrogens with two attached hydrogens (primary N) is 1. The number of nitrogens with zero attached hydrogens (tertiary/aromatic N) is 2. The number of nitriles is 1. The minimum atomic E-state index is -0.409. The first kappa shape index (κ1) is 12.9. The lowest BCUT2D eigenvalue weighted by molar-refractivity contribution is -0.136. The van der Waals surface area contributed by atoms with Crippen molar-refractivity contribution < 1.29 is 4.79 Å². The van der Waals surface area contributed by atoms with Crippen molar-refractivity contribution in [1.82, 2.24) is 4.90 Å². The average Bonchev–Trinajstić information content (AvgIpc) is 2.92. The summed E-state index contributed by atoms with van der Waals surface area (Å²) >= 11 is 0. The number of fused-ring (bicyclic) bond motifs is 1. The number of carbonyl (C=O) groups is 1. The number of piperidine rings is 1. The largest absolute Gasteiger partial charge is 0.325 e. The average molecular weight is 261 g/mol. The Labute approximate surface area is 114 Å². The van der Waals surface area contributed by atoms with Gasteiger partial charge in [-0.1, -0.05) is 19.8 Å². The van der Waals surface area contributed by atoms with Crippen molar-refractivity contribution in [3.8, 4) is 6.07 Å². The Morgan fingerprint density at radius 2 is 2.21 bits per heavy atom. The molecule has 19 heavy (non-hydrogen) atoms. The Morgan fingerprint density at radius 3 is 2.79 bits per heavy atom. The zero-order chi connectivity index (χ0) is 13.6. The molecule has 4 nitrogen and oxygen atoms in total. The molecule has 0 aromatic rings. The molecule has 1 aliphatic heterocycles. The molecule has 3 unspecified atom stereocenters. The molecule has 4 atom stereocenters. The van der Waals surface area contributed by atoms with E-state index in [1.54, 1.807) is 4.90 Å². The molecule has 0 aromatic carbocycles. The fourth-order valence-electron chi connectivity index (χ4n) is 4.26. The summed E-state index contributed by atoms with van der Waals surface area (Å²) in [4.78, 5) is 14.5. The normalized spacial score (nSPS) is 36.7. The Bertz CT molecular complexity index is 422. The number of amides is 1.